The molecule has 1 aromatic heterocycles. The summed E-state index contributed by atoms with van der Waals surface area (Å²) in [6.07, 6.45) is 1.69. The number of amides is 1. The lowest BCUT2D eigenvalue weighted by Gasteiger charge is -2.16. The van der Waals surface area contributed by atoms with Gasteiger partial charge in [0.15, 0.2) is 0 Å². The normalized spacial score (nSPS) is 14.6. The van der Waals surface area contributed by atoms with Crippen LogP contribution in [0.5, 0.6) is 5.75 Å². The van der Waals surface area contributed by atoms with Crippen LogP contribution in [-0.2, 0) is 11.8 Å². The van der Waals surface area contributed by atoms with Gasteiger partial charge in [0, 0.05) is 47.6 Å². The van der Waals surface area contributed by atoms with Gasteiger partial charge in [0.2, 0.25) is 5.91 Å². The number of aryl methyl sites for hydroxylation is 1. The first kappa shape index (κ1) is 23.6. The zero-order chi connectivity index (χ0) is 24.4. The van der Waals surface area contributed by atoms with Crippen LogP contribution in [-0.4, -0.2) is 29.3 Å². The molecule has 1 unspecified atom stereocenters. The lowest BCUT2D eigenvalue weighted by molar-refractivity contribution is -0.121. The number of fused-ring (bicyclic) bond motifs is 3. The number of benzene rings is 2. The molecule has 0 spiro atoms. The number of hydrogen-bond acceptors (Lipinski definition) is 4. The molecule has 0 saturated carbocycles. The Morgan fingerprint density at radius 1 is 1.15 bits per heavy atom. The van der Waals surface area contributed by atoms with Gasteiger partial charge in [-0.1, -0.05) is 23.7 Å². The van der Waals surface area contributed by atoms with Crippen LogP contribution in [0.2, 0.25) is 5.02 Å². The zero-order valence-electron chi connectivity index (χ0n) is 18.5. The van der Waals surface area contributed by atoms with Gasteiger partial charge in [0.1, 0.15) is 5.75 Å². The van der Waals surface area contributed by atoms with Gasteiger partial charge in [0.25, 0.3) is 5.56 Å². The fourth-order valence-electron chi connectivity index (χ4n) is 4.01. The van der Waals surface area contributed by atoms with Crippen LogP contribution in [0.1, 0.15) is 36.1 Å². The molecule has 1 N–H and O–H groups in total. The van der Waals surface area contributed by atoms with Gasteiger partial charge in [0.05, 0.1) is 18.2 Å². The van der Waals surface area contributed by atoms with E-state index >= 15 is 0 Å². The minimum absolute atomic E-state index is 0.0134. The van der Waals surface area contributed by atoms with Crippen molar-refractivity contribution >= 4 is 23.2 Å². The van der Waals surface area contributed by atoms with Crippen molar-refractivity contribution in [2.45, 2.75) is 26.0 Å². The third-order valence-corrected chi connectivity index (χ3v) is 5.79. The third kappa shape index (κ3) is 4.87. The third-order valence-electron chi connectivity index (χ3n) is 5.54. The van der Waals surface area contributed by atoms with Crippen molar-refractivity contribution in [3.8, 4) is 16.9 Å². The smallest absolute Gasteiger partial charge is 0.387 e. The number of nitrogens with zero attached hydrogens (tertiary/aromatic N) is 2. The first-order valence-corrected chi connectivity index (χ1v) is 11.0. The van der Waals surface area contributed by atoms with Crippen LogP contribution in [0.3, 0.4) is 0 Å². The Balaban J connectivity index is 2.00. The van der Waals surface area contributed by atoms with Crippen LogP contribution in [0, 0.1) is 0 Å². The lowest BCUT2D eigenvalue weighted by Crippen LogP contribution is -2.25. The van der Waals surface area contributed by atoms with E-state index in [0.717, 1.165) is 0 Å². The van der Waals surface area contributed by atoms with Gasteiger partial charge < -0.3 is 14.6 Å². The van der Waals surface area contributed by atoms with E-state index in [1.54, 1.807) is 43.6 Å². The molecule has 3 aromatic rings. The highest BCUT2D eigenvalue weighted by Gasteiger charge is 2.28. The standard InChI is InChI=1S/C25H22ClF2N3O3/c1-3-29-22(32)12-21-18-11-23(33)31(2)13-20(18)17-9-8-16(34-25(27)28)10-19(17)24(30-21)14-4-6-15(26)7-5-14/h4-11,13,21,25H,3,12H2,1-2H3,(H,29,32). The molecule has 6 nitrogen and oxygen atoms in total. The average Bonchev–Trinajstić information content (AvgIpc) is 2.90. The summed E-state index contributed by atoms with van der Waals surface area (Å²) in [5.41, 5.74) is 3.40. The highest BCUT2D eigenvalue weighted by Crippen LogP contribution is 2.39. The molecule has 4 rings (SSSR count). The van der Waals surface area contributed by atoms with Gasteiger partial charge in [-0.3, -0.25) is 14.6 Å². The molecule has 0 saturated heterocycles. The summed E-state index contributed by atoms with van der Waals surface area (Å²) in [5, 5.41) is 3.30. The number of pyridine rings is 1. The Morgan fingerprint density at radius 2 is 1.88 bits per heavy atom. The summed E-state index contributed by atoms with van der Waals surface area (Å²) in [5.74, 6) is -0.241. The fraction of sp³-hybridized carbons (Fsp3) is 0.240. The number of carbonyl (C=O) groups excluding carboxylic acids is 1. The summed E-state index contributed by atoms with van der Waals surface area (Å²) >= 11 is 6.07. The SMILES string of the molecule is CCNC(=O)CC1N=C(c2ccc(Cl)cc2)c2cc(OC(F)F)ccc2-c2cn(C)c(=O)cc21. The van der Waals surface area contributed by atoms with E-state index in [1.807, 2.05) is 6.92 Å². The molecule has 1 aliphatic heterocycles. The monoisotopic (exact) mass is 485 g/mol. The molecule has 176 valence electrons. The molecule has 2 aromatic carbocycles. The summed E-state index contributed by atoms with van der Waals surface area (Å²) in [6.45, 7) is -0.715. The number of aromatic nitrogens is 1. The van der Waals surface area contributed by atoms with E-state index in [4.69, 9.17) is 16.6 Å². The largest absolute Gasteiger partial charge is 0.435 e. The quantitative estimate of drug-likeness (QED) is 0.549. The number of alkyl halides is 2. The van der Waals surface area contributed by atoms with E-state index in [1.165, 1.54) is 22.8 Å². The number of nitrogens with one attached hydrogen (secondary N) is 1. The Kier molecular flexibility index (Phi) is 6.79. The van der Waals surface area contributed by atoms with E-state index in [9.17, 15) is 18.4 Å². The predicted molar refractivity (Wildman–Crippen MR) is 127 cm³/mol. The van der Waals surface area contributed by atoms with Crippen molar-refractivity contribution in [2.75, 3.05) is 6.54 Å². The van der Waals surface area contributed by atoms with E-state index in [0.29, 0.717) is 45.1 Å². The minimum atomic E-state index is -2.99. The van der Waals surface area contributed by atoms with Crippen molar-refractivity contribution in [2.24, 2.45) is 12.0 Å². The van der Waals surface area contributed by atoms with Crippen molar-refractivity contribution < 1.29 is 18.3 Å². The second kappa shape index (κ2) is 9.77. The van der Waals surface area contributed by atoms with E-state index in [-0.39, 0.29) is 23.6 Å². The van der Waals surface area contributed by atoms with Crippen LogP contribution in [0.4, 0.5) is 8.78 Å². The van der Waals surface area contributed by atoms with E-state index in [2.05, 4.69) is 10.1 Å². The minimum Gasteiger partial charge on any atom is -0.435 e. The van der Waals surface area contributed by atoms with Gasteiger partial charge in [-0.05, 0) is 48.4 Å². The average molecular weight is 486 g/mol. The van der Waals surface area contributed by atoms with Crippen molar-refractivity contribution in [1.82, 2.24) is 9.88 Å². The van der Waals surface area contributed by atoms with Gasteiger partial charge in [-0.2, -0.15) is 8.78 Å². The number of carbonyl (C=O) groups is 1. The summed E-state index contributed by atoms with van der Waals surface area (Å²) in [6, 6.07) is 12.3. The number of hydrogen-bond donors (Lipinski definition) is 1. The molecule has 1 aliphatic rings. The second-order valence-corrected chi connectivity index (χ2v) is 8.27. The number of halogens is 3. The highest BCUT2D eigenvalue weighted by atomic mass is 35.5. The molecular weight excluding hydrogens is 464 g/mol. The molecule has 1 atom stereocenters. The molecule has 0 fully saturated rings. The van der Waals surface area contributed by atoms with Crippen LogP contribution in [0.15, 0.2) is 64.5 Å². The van der Waals surface area contributed by atoms with Crippen LogP contribution >= 0.6 is 11.6 Å². The van der Waals surface area contributed by atoms with Crippen LogP contribution < -0.4 is 15.6 Å². The first-order valence-electron chi connectivity index (χ1n) is 10.7. The zero-order valence-corrected chi connectivity index (χ0v) is 19.3. The Morgan fingerprint density at radius 3 is 2.56 bits per heavy atom. The molecule has 0 aliphatic carbocycles. The van der Waals surface area contributed by atoms with Crippen molar-refractivity contribution in [3.05, 3.63) is 86.8 Å². The Hall–Kier alpha value is -3.52. The number of rotatable bonds is 6. The second-order valence-electron chi connectivity index (χ2n) is 7.84. The molecular formula is C25H22ClF2N3O3. The maximum Gasteiger partial charge on any atom is 0.387 e. The molecule has 1 amide bonds. The maximum absolute atomic E-state index is 13.0. The molecule has 34 heavy (non-hydrogen) atoms. The van der Waals surface area contributed by atoms with Crippen LogP contribution in [0.25, 0.3) is 11.1 Å². The molecule has 0 bridgehead atoms. The van der Waals surface area contributed by atoms with Crippen molar-refractivity contribution in [3.63, 3.8) is 0 Å². The van der Waals surface area contributed by atoms with Crippen molar-refractivity contribution in [1.29, 1.82) is 0 Å². The predicted octanol–water partition coefficient (Wildman–Crippen LogP) is 4.73. The number of ether oxygens (including phenoxy) is 1. The fourth-order valence-corrected chi connectivity index (χ4v) is 4.13. The molecule has 9 heteroatoms. The Bertz CT molecular complexity index is 1320. The Labute approximate surface area is 199 Å². The van der Waals surface area contributed by atoms with Gasteiger partial charge in [-0.25, -0.2) is 0 Å². The highest BCUT2D eigenvalue weighted by molar-refractivity contribution is 6.30. The lowest BCUT2D eigenvalue weighted by atomic mass is 9.91. The maximum atomic E-state index is 13.0. The number of aliphatic imine (C=N–C) groups is 1. The summed E-state index contributed by atoms with van der Waals surface area (Å²) in [4.78, 5) is 30.0. The van der Waals surface area contributed by atoms with Gasteiger partial charge >= 0.3 is 6.61 Å². The molecule has 0 radical (unpaired) electrons. The first-order chi connectivity index (χ1) is 16.3. The van der Waals surface area contributed by atoms with E-state index < -0.39 is 12.7 Å². The molecule has 2 heterocycles. The topological polar surface area (TPSA) is 72.7 Å². The van der Waals surface area contributed by atoms with Gasteiger partial charge in [-0.15, -0.1) is 0 Å². The summed E-state index contributed by atoms with van der Waals surface area (Å²) in [7, 11) is 1.63. The summed E-state index contributed by atoms with van der Waals surface area (Å²) < 4.78 is 32.0.